The number of halogens is 2. The van der Waals surface area contributed by atoms with Crippen molar-refractivity contribution in [2.24, 2.45) is 0 Å². The summed E-state index contributed by atoms with van der Waals surface area (Å²) in [6, 6.07) is 4.19. The Balaban J connectivity index is 3.00. The number of rotatable bonds is 1. The van der Waals surface area contributed by atoms with Crippen molar-refractivity contribution in [3.05, 3.63) is 29.6 Å². The minimum Gasteiger partial charge on any atom is -0.414 e. The maximum absolute atomic E-state index is 12.8. The fraction of sp³-hybridized carbons (Fsp3) is 0.125. The summed E-state index contributed by atoms with van der Waals surface area (Å²) in [6.07, 6.45) is 0. The Morgan fingerprint density at radius 1 is 1.58 bits per heavy atom. The Labute approximate surface area is 73.9 Å². The first-order valence-corrected chi connectivity index (χ1v) is 3.61. The molecule has 0 fully saturated rings. The third kappa shape index (κ3) is 1.95. The normalized spacial score (nSPS) is 9.58. The van der Waals surface area contributed by atoms with E-state index in [1.165, 1.54) is 25.1 Å². The van der Waals surface area contributed by atoms with E-state index in [2.05, 4.69) is 4.74 Å². The van der Waals surface area contributed by atoms with Gasteiger partial charge >= 0.3 is 5.43 Å². The van der Waals surface area contributed by atoms with Crippen LogP contribution in [0.3, 0.4) is 0 Å². The van der Waals surface area contributed by atoms with Gasteiger partial charge in [-0.15, -0.1) is 0 Å². The third-order valence-corrected chi connectivity index (χ3v) is 1.49. The van der Waals surface area contributed by atoms with Crippen molar-refractivity contribution in [3.63, 3.8) is 0 Å². The molecule has 1 aromatic carbocycles. The van der Waals surface area contributed by atoms with Gasteiger partial charge in [0, 0.05) is 17.2 Å². The number of hydrogen-bond acceptors (Lipinski definition) is 2. The average Bonchev–Trinajstić information content (AvgIpc) is 1.98. The Bertz CT molecular complexity index is 312. The predicted octanol–water partition coefficient (Wildman–Crippen LogP) is 2.87. The van der Waals surface area contributed by atoms with Crippen LogP contribution in [-0.4, -0.2) is 5.43 Å². The summed E-state index contributed by atoms with van der Waals surface area (Å²) in [4.78, 5) is 10.3. The summed E-state index contributed by atoms with van der Waals surface area (Å²) in [5.74, 6) is -0.277. The van der Waals surface area contributed by atoms with Gasteiger partial charge in [-0.25, -0.2) is 9.18 Å². The standard InChI is InChI=1S/C8H6ClFO2/c1-5-6(10)3-2-4-7(5)12-8(9)11/h2-4H,1H3. The molecular weight excluding hydrogens is 183 g/mol. The first kappa shape index (κ1) is 9.00. The van der Waals surface area contributed by atoms with E-state index >= 15 is 0 Å². The van der Waals surface area contributed by atoms with Crippen molar-refractivity contribution in [1.82, 2.24) is 0 Å². The molecule has 1 aromatic rings. The smallest absolute Gasteiger partial charge is 0.409 e. The van der Waals surface area contributed by atoms with Gasteiger partial charge in [-0.1, -0.05) is 6.07 Å². The van der Waals surface area contributed by atoms with E-state index in [1.54, 1.807) is 0 Å². The Hall–Kier alpha value is -1.09. The van der Waals surface area contributed by atoms with Gasteiger partial charge in [0.2, 0.25) is 0 Å². The topological polar surface area (TPSA) is 26.3 Å². The molecule has 0 aromatic heterocycles. The van der Waals surface area contributed by atoms with Crippen molar-refractivity contribution < 1.29 is 13.9 Å². The Morgan fingerprint density at radius 2 is 2.25 bits per heavy atom. The Morgan fingerprint density at radius 3 is 2.83 bits per heavy atom. The van der Waals surface area contributed by atoms with Crippen LogP contribution < -0.4 is 4.74 Å². The molecule has 2 nitrogen and oxygen atoms in total. The lowest BCUT2D eigenvalue weighted by Gasteiger charge is -2.03. The summed E-state index contributed by atoms with van der Waals surface area (Å²) in [5, 5.41) is 0. The predicted molar refractivity (Wildman–Crippen MR) is 43.0 cm³/mol. The molecule has 12 heavy (non-hydrogen) atoms. The number of carbonyl (C=O) groups is 1. The molecule has 0 aliphatic heterocycles. The monoisotopic (exact) mass is 188 g/mol. The summed E-state index contributed by atoms with van der Waals surface area (Å²) in [5.41, 5.74) is -0.699. The minimum absolute atomic E-state index is 0.148. The maximum atomic E-state index is 12.8. The summed E-state index contributed by atoms with van der Waals surface area (Å²) in [7, 11) is 0. The van der Waals surface area contributed by atoms with Crippen LogP contribution in [0, 0.1) is 12.7 Å². The zero-order valence-corrected chi connectivity index (χ0v) is 7.06. The highest BCUT2D eigenvalue weighted by molar-refractivity contribution is 6.61. The SMILES string of the molecule is Cc1c(F)cccc1OC(=O)Cl. The highest BCUT2D eigenvalue weighted by Gasteiger charge is 2.06. The van der Waals surface area contributed by atoms with Gasteiger partial charge in [0.15, 0.2) is 0 Å². The largest absolute Gasteiger partial charge is 0.414 e. The molecular formula is C8H6ClFO2. The second-order valence-corrected chi connectivity index (χ2v) is 2.51. The van der Waals surface area contributed by atoms with Crippen LogP contribution in [0.4, 0.5) is 9.18 Å². The molecule has 0 saturated heterocycles. The lowest BCUT2D eigenvalue weighted by molar-refractivity contribution is 0.225. The molecule has 0 aliphatic carbocycles. The molecule has 4 heteroatoms. The van der Waals surface area contributed by atoms with Crippen molar-refractivity contribution >= 4 is 17.0 Å². The van der Waals surface area contributed by atoms with Crippen molar-refractivity contribution in [3.8, 4) is 5.75 Å². The van der Waals surface area contributed by atoms with Gasteiger partial charge in [-0.2, -0.15) is 0 Å². The quantitative estimate of drug-likeness (QED) is 0.634. The molecule has 1 rings (SSSR count). The van der Waals surface area contributed by atoms with Gasteiger partial charge < -0.3 is 4.74 Å². The molecule has 0 heterocycles. The molecule has 0 amide bonds. The lowest BCUT2D eigenvalue weighted by atomic mass is 10.2. The molecule has 0 saturated carbocycles. The van der Waals surface area contributed by atoms with E-state index in [9.17, 15) is 9.18 Å². The van der Waals surface area contributed by atoms with Gasteiger partial charge in [-0.3, -0.25) is 0 Å². The first-order valence-electron chi connectivity index (χ1n) is 3.23. The van der Waals surface area contributed by atoms with Gasteiger partial charge in [0.05, 0.1) is 0 Å². The summed E-state index contributed by atoms with van der Waals surface area (Å²) >= 11 is 4.95. The van der Waals surface area contributed by atoms with Gasteiger partial charge in [0.1, 0.15) is 11.6 Å². The summed E-state index contributed by atoms with van der Waals surface area (Å²) in [6.45, 7) is 1.50. The van der Waals surface area contributed by atoms with Crippen LogP contribution in [0.1, 0.15) is 5.56 Å². The fourth-order valence-electron chi connectivity index (χ4n) is 0.785. The van der Waals surface area contributed by atoms with Crippen molar-refractivity contribution in [1.29, 1.82) is 0 Å². The molecule has 64 valence electrons. The van der Waals surface area contributed by atoms with Crippen molar-refractivity contribution in [2.45, 2.75) is 6.92 Å². The van der Waals surface area contributed by atoms with Crippen LogP contribution in [-0.2, 0) is 0 Å². The van der Waals surface area contributed by atoms with Crippen LogP contribution in [0.5, 0.6) is 5.75 Å². The van der Waals surface area contributed by atoms with E-state index in [0.29, 0.717) is 0 Å². The molecule has 0 unspecified atom stereocenters. The van der Waals surface area contributed by atoms with E-state index in [1.807, 2.05) is 0 Å². The zero-order chi connectivity index (χ0) is 9.14. The van der Waals surface area contributed by atoms with Gasteiger partial charge in [0.25, 0.3) is 0 Å². The number of ether oxygens (including phenoxy) is 1. The second kappa shape index (κ2) is 3.54. The van der Waals surface area contributed by atoms with Crippen LogP contribution >= 0.6 is 11.6 Å². The summed E-state index contributed by atoms with van der Waals surface area (Å²) < 4.78 is 17.3. The van der Waals surface area contributed by atoms with Crippen LogP contribution in [0.2, 0.25) is 0 Å². The third-order valence-electron chi connectivity index (χ3n) is 1.41. The minimum atomic E-state index is -0.969. The fourth-order valence-corrected chi connectivity index (χ4v) is 0.868. The van der Waals surface area contributed by atoms with Crippen LogP contribution in [0.15, 0.2) is 18.2 Å². The number of carbonyl (C=O) groups excluding carboxylic acids is 1. The molecule has 0 radical (unpaired) electrons. The van der Waals surface area contributed by atoms with E-state index in [4.69, 9.17) is 11.6 Å². The second-order valence-electron chi connectivity index (χ2n) is 2.20. The number of benzene rings is 1. The molecule has 0 atom stereocenters. The average molecular weight is 189 g/mol. The molecule has 0 aliphatic rings. The zero-order valence-electron chi connectivity index (χ0n) is 6.30. The van der Waals surface area contributed by atoms with E-state index in [0.717, 1.165) is 0 Å². The highest BCUT2D eigenvalue weighted by atomic mass is 35.5. The van der Waals surface area contributed by atoms with Gasteiger partial charge in [-0.05, 0) is 19.1 Å². The van der Waals surface area contributed by atoms with Crippen LogP contribution in [0.25, 0.3) is 0 Å². The van der Waals surface area contributed by atoms with E-state index < -0.39 is 11.2 Å². The Kier molecular flexibility index (Phi) is 2.65. The first-order chi connectivity index (χ1) is 5.61. The lowest BCUT2D eigenvalue weighted by Crippen LogP contribution is -1.98. The van der Waals surface area contributed by atoms with Crippen molar-refractivity contribution in [2.75, 3.05) is 0 Å². The molecule has 0 bridgehead atoms. The number of hydrogen-bond donors (Lipinski definition) is 0. The highest BCUT2D eigenvalue weighted by Crippen LogP contribution is 2.20. The molecule has 0 N–H and O–H groups in total. The maximum Gasteiger partial charge on any atom is 0.409 e. The molecule has 0 spiro atoms. The van der Waals surface area contributed by atoms with E-state index in [-0.39, 0.29) is 11.3 Å².